The van der Waals surface area contributed by atoms with Crippen molar-refractivity contribution in [1.82, 2.24) is 0 Å². The lowest BCUT2D eigenvalue weighted by molar-refractivity contribution is -0.384. The highest BCUT2D eigenvalue weighted by Crippen LogP contribution is 2.29. The fourth-order valence-electron chi connectivity index (χ4n) is 2.31. The summed E-state index contributed by atoms with van der Waals surface area (Å²) in [6.45, 7) is 1.97. The molecule has 0 fully saturated rings. The van der Waals surface area contributed by atoms with Gasteiger partial charge in [0.15, 0.2) is 0 Å². The van der Waals surface area contributed by atoms with Crippen LogP contribution in [-0.4, -0.2) is 31.6 Å². The van der Waals surface area contributed by atoms with Crippen LogP contribution < -0.4 is 15.4 Å². The molecule has 0 aliphatic heterocycles. The zero-order chi connectivity index (χ0) is 19.1. The highest BCUT2D eigenvalue weighted by Gasteiger charge is 2.13. The maximum Gasteiger partial charge on any atom is 0.273 e. The number of nitro groups is 1. The minimum Gasteiger partial charge on any atom is -0.494 e. The Hall–Kier alpha value is -3.13. The molecule has 0 bridgehead atoms. The molecule has 8 heteroatoms. The molecule has 0 aromatic heterocycles. The Morgan fingerprint density at radius 3 is 2.65 bits per heavy atom. The lowest BCUT2D eigenvalue weighted by Gasteiger charge is -2.13. The molecule has 0 aliphatic carbocycles. The predicted octanol–water partition coefficient (Wildman–Crippen LogP) is 3.36. The first-order valence-electron chi connectivity index (χ1n) is 7.93. The Bertz CT molecular complexity index is 794. The van der Waals surface area contributed by atoms with Crippen molar-refractivity contribution in [2.24, 2.45) is 0 Å². The number of nitrogens with zero attached hydrogens (tertiary/aromatic N) is 1. The fourth-order valence-corrected chi connectivity index (χ4v) is 2.31. The van der Waals surface area contributed by atoms with Gasteiger partial charge >= 0.3 is 0 Å². The number of amides is 1. The summed E-state index contributed by atoms with van der Waals surface area (Å²) in [4.78, 5) is 22.4. The highest BCUT2D eigenvalue weighted by molar-refractivity contribution is 5.95. The van der Waals surface area contributed by atoms with Gasteiger partial charge in [0.1, 0.15) is 5.75 Å². The molecule has 8 nitrogen and oxygen atoms in total. The van der Waals surface area contributed by atoms with Gasteiger partial charge in [0, 0.05) is 18.9 Å². The van der Waals surface area contributed by atoms with E-state index in [1.54, 1.807) is 7.11 Å². The molecule has 2 aromatic carbocycles. The molecule has 1 amide bonds. The van der Waals surface area contributed by atoms with Gasteiger partial charge < -0.3 is 20.1 Å². The van der Waals surface area contributed by atoms with Crippen LogP contribution in [0.15, 0.2) is 42.5 Å². The SMILES string of the molecule is COc1cc([N+](=O)[O-])ccc1NC(=O)CNc1cccc([C@@H](C)OC)c1. The Morgan fingerprint density at radius 2 is 2.00 bits per heavy atom. The van der Waals surface area contributed by atoms with Crippen molar-refractivity contribution < 1.29 is 19.2 Å². The minimum absolute atomic E-state index is 0.0327. The third kappa shape index (κ3) is 4.93. The second-order valence-electron chi connectivity index (χ2n) is 5.55. The van der Waals surface area contributed by atoms with Crippen LogP contribution in [0.4, 0.5) is 17.1 Å². The zero-order valence-electron chi connectivity index (χ0n) is 14.8. The average Bonchev–Trinajstić information content (AvgIpc) is 2.66. The van der Waals surface area contributed by atoms with Crippen LogP contribution >= 0.6 is 0 Å². The normalized spacial score (nSPS) is 11.5. The Labute approximate surface area is 151 Å². The van der Waals surface area contributed by atoms with E-state index in [2.05, 4.69) is 10.6 Å². The van der Waals surface area contributed by atoms with Crippen LogP contribution in [0.5, 0.6) is 5.75 Å². The zero-order valence-corrected chi connectivity index (χ0v) is 14.8. The summed E-state index contributed by atoms with van der Waals surface area (Å²) >= 11 is 0. The number of nitro benzene ring substituents is 1. The first kappa shape index (κ1) is 19.2. The first-order valence-corrected chi connectivity index (χ1v) is 7.93. The Morgan fingerprint density at radius 1 is 1.23 bits per heavy atom. The largest absolute Gasteiger partial charge is 0.494 e. The van der Waals surface area contributed by atoms with Crippen molar-refractivity contribution in [3.8, 4) is 5.75 Å². The van der Waals surface area contributed by atoms with Crippen molar-refractivity contribution in [3.63, 3.8) is 0 Å². The summed E-state index contributed by atoms with van der Waals surface area (Å²) in [6, 6.07) is 11.6. The van der Waals surface area contributed by atoms with Gasteiger partial charge in [0.2, 0.25) is 5.91 Å². The number of carbonyl (C=O) groups is 1. The van der Waals surface area contributed by atoms with Gasteiger partial charge in [-0.15, -0.1) is 0 Å². The number of non-ortho nitro benzene ring substituents is 1. The van der Waals surface area contributed by atoms with Crippen LogP contribution in [0.25, 0.3) is 0 Å². The Kier molecular flexibility index (Phi) is 6.51. The summed E-state index contributed by atoms with van der Waals surface area (Å²) in [5.74, 6) is -0.0780. The van der Waals surface area contributed by atoms with Crippen LogP contribution in [0.3, 0.4) is 0 Å². The second-order valence-corrected chi connectivity index (χ2v) is 5.55. The molecule has 0 spiro atoms. The van der Waals surface area contributed by atoms with Crippen LogP contribution in [-0.2, 0) is 9.53 Å². The number of nitrogens with one attached hydrogen (secondary N) is 2. The number of anilines is 2. The molecule has 138 valence electrons. The summed E-state index contributed by atoms with van der Waals surface area (Å²) in [7, 11) is 3.02. The molecule has 2 rings (SSSR count). The van der Waals surface area contributed by atoms with Crippen molar-refractivity contribution in [3.05, 3.63) is 58.1 Å². The molecule has 0 unspecified atom stereocenters. The highest BCUT2D eigenvalue weighted by atomic mass is 16.6. The number of carbonyl (C=O) groups excluding carboxylic acids is 1. The standard InChI is InChI=1S/C18H21N3O5/c1-12(25-2)13-5-4-6-14(9-13)19-11-18(22)20-16-8-7-15(21(23)24)10-17(16)26-3/h4-10,12,19H,11H2,1-3H3,(H,20,22)/t12-/m1/s1. The molecule has 0 aliphatic rings. The van der Waals surface area contributed by atoms with E-state index < -0.39 is 4.92 Å². The summed E-state index contributed by atoms with van der Waals surface area (Å²) < 4.78 is 10.4. The summed E-state index contributed by atoms with van der Waals surface area (Å²) in [5, 5.41) is 16.5. The number of hydrogen-bond acceptors (Lipinski definition) is 6. The van der Waals surface area contributed by atoms with Gasteiger partial charge in [-0.1, -0.05) is 12.1 Å². The molecule has 0 heterocycles. The van der Waals surface area contributed by atoms with E-state index >= 15 is 0 Å². The van der Waals surface area contributed by atoms with Crippen molar-refractivity contribution in [2.45, 2.75) is 13.0 Å². The van der Waals surface area contributed by atoms with Crippen molar-refractivity contribution >= 4 is 23.0 Å². The molecule has 0 saturated carbocycles. The smallest absolute Gasteiger partial charge is 0.273 e. The maximum atomic E-state index is 12.2. The van der Waals surface area contributed by atoms with Gasteiger partial charge in [-0.3, -0.25) is 14.9 Å². The summed E-state index contributed by atoms with van der Waals surface area (Å²) in [5.41, 5.74) is 2.04. The van der Waals surface area contributed by atoms with E-state index in [0.717, 1.165) is 11.3 Å². The third-order valence-corrected chi connectivity index (χ3v) is 3.83. The Balaban J connectivity index is 2.00. The number of hydrogen-bond donors (Lipinski definition) is 2. The summed E-state index contributed by atoms with van der Waals surface area (Å²) in [6.07, 6.45) is -0.0463. The topological polar surface area (TPSA) is 103 Å². The molecule has 2 aromatic rings. The number of ether oxygens (including phenoxy) is 2. The average molecular weight is 359 g/mol. The van der Waals surface area contributed by atoms with E-state index in [-0.39, 0.29) is 30.0 Å². The van der Waals surface area contributed by atoms with Crippen LogP contribution in [0.2, 0.25) is 0 Å². The van der Waals surface area contributed by atoms with Crippen LogP contribution in [0.1, 0.15) is 18.6 Å². The number of rotatable bonds is 8. The molecule has 26 heavy (non-hydrogen) atoms. The van der Waals surface area contributed by atoms with Gasteiger partial charge in [-0.25, -0.2) is 0 Å². The van der Waals surface area contributed by atoms with Crippen molar-refractivity contribution in [1.29, 1.82) is 0 Å². The van der Waals surface area contributed by atoms with Gasteiger partial charge in [-0.05, 0) is 30.7 Å². The first-order chi connectivity index (χ1) is 12.4. The van der Waals surface area contributed by atoms with E-state index in [1.165, 1.54) is 25.3 Å². The van der Waals surface area contributed by atoms with E-state index in [1.807, 2.05) is 31.2 Å². The molecular weight excluding hydrogens is 338 g/mol. The molecule has 1 atom stereocenters. The fraction of sp³-hybridized carbons (Fsp3) is 0.278. The van der Waals surface area contributed by atoms with E-state index in [4.69, 9.17) is 9.47 Å². The van der Waals surface area contributed by atoms with Gasteiger partial charge in [-0.2, -0.15) is 0 Å². The molecule has 0 radical (unpaired) electrons. The van der Waals surface area contributed by atoms with E-state index in [0.29, 0.717) is 5.69 Å². The number of methoxy groups -OCH3 is 2. The van der Waals surface area contributed by atoms with Crippen molar-refractivity contribution in [2.75, 3.05) is 31.4 Å². The van der Waals surface area contributed by atoms with Crippen LogP contribution in [0, 0.1) is 10.1 Å². The lowest BCUT2D eigenvalue weighted by atomic mass is 10.1. The molecule has 0 saturated heterocycles. The van der Waals surface area contributed by atoms with E-state index in [9.17, 15) is 14.9 Å². The monoisotopic (exact) mass is 359 g/mol. The maximum absolute atomic E-state index is 12.2. The predicted molar refractivity (Wildman–Crippen MR) is 98.6 cm³/mol. The number of benzene rings is 2. The quantitative estimate of drug-likeness (QED) is 0.553. The third-order valence-electron chi connectivity index (χ3n) is 3.83. The lowest BCUT2D eigenvalue weighted by Crippen LogP contribution is -2.22. The molecular formula is C18H21N3O5. The van der Waals surface area contributed by atoms with Gasteiger partial charge in [0.25, 0.3) is 5.69 Å². The minimum atomic E-state index is -0.524. The second kappa shape index (κ2) is 8.82. The van der Waals surface area contributed by atoms with Gasteiger partial charge in [0.05, 0.1) is 36.4 Å². The molecule has 2 N–H and O–H groups in total.